The van der Waals surface area contributed by atoms with E-state index < -0.39 is 0 Å². The van der Waals surface area contributed by atoms with Gasteiger partial charge >= 0.3 is 0 Å². The monoisotopic (exact) mass is 227 g/mol. The summed E-state index contributed by atoms with van der Waals surface area (Å²) >= 11 is 0. The van der Waals surface area contributed by atoms with Crippen molar-refractivity contribution in [1.29, 1.82) is 0 Å². The van der Waals surface area contributed by atoms with Gasteiger partial charge in [-0.05, 0) is 30.9 Å². The van der Waals surface area contributed by atoms with E-state index in [1.54, 1.807) is 6.92 Å². The number of carbonyl (C=O) groups is 1. The number of hydrogen-bond donors (Lipinski definition) is 0. The van der Waals surface area contributed by atoms with E-state index in [1.165, 1.54) is 18.4 Å². The van der Waals surface area contributed by atoms with Crippen molar-refractivity contribution in [3.8, 4) is 0 Å². The molecule has 2 nitrogen and oxygen atoms in total. The Morgan fingerprint density at radius 2 is 2.18 bits per heavy atom. The Morgan fingerprint density at radius 3 is 2.88 bits per heavy atom. The fraction of sp³-hybridized carbons (Fsp3) is 0.400. The molecule has 0 N–H and O–H groups in total. The van der Waals surface area contributed by atoms with Crippen LogP contribution in [-0.2, 0) is 10.2 Å². The van der Waals surface area contributed by atoms with Gasteiger partial charge < -0.3 is 4.90 Å². The lowest BCUT2D eigenvalue weighted by Crippen LogP contribution is -2.35. The van der Waals surface area contributed by atoms with E-state index in [4.69, 9.17) is 0 Å². The Morgan fingerprint density at radius 1 is 1.35 bits per heavy atom. The fourth-order valence-corrected chi connectivity index (χ4v) is 3.15. The van der Waals surface area contributed by atoms with E-state index in [2.05, 4.69) is 30.4 Å². The van der Waals surface area contributed by atoms with Crippen molar-refractivity contribution in [2.45, 2.75) is 31.6 Å². The number of anilines is 1. The Hall–Kier alpha value is -1.57. The molecule has 2 aliphatic rings. The molecule has 1 aromatic carbocycles. The summed E-state index contributed by atoms with van der Waals surface area (Å²) in [5, 5.41) is 0. The lowest BCUT2D eigenvalue weighted by molar-refractivity contribution is -0.116. The molecule has 1 spiro atoms. The minimum absolute atomic E-state index is 0.0838. The van der Waals surface area contributed by atoms with Gasteiger partial charge in [-0.3, -0.25) is 4.79 Å². The number of rotatable bonds is 0. The zero-order valence-corrected chi connectivity index (χ0v) is 10.1. The molecule has 0 fully saturated rings. The van der Waals surface area contributed by atoms with Crippen LogP contribution in [0.4, 0.5) is 5.69 Å². The molecule has 0 aromatic heterocycles. The molecule has 1 heterocycles. The number of amides is 1. The molecule has 0 radical (unpaired) electrons. The lowest BCUT2D eigenvalue weighted by Gasteiger charge is -2.29. The van der Waals surface area contributed by atoms with Crippen molar-refractivity contribution < 1.29 is 4.79 Å². The quantitative estimate of drug-likeness (QED) is 0.624. The highest BCUT2D eigenvalue weighted by molar-refractivity contribution is 5.95. The van der Waals surface area contributed by atoms with Crippen molar-refractivity contribution in [3.05, 3.63) is 42.0 Å². The number of para-hydroxylation sites is 1. The van der Waals surface area contributed by atoms with Crippen molar-refractivity contribution in [3.63, 3.8) is 0 Å². The van der Waals surface area contributed by atoms with E-state index in [-0.39, 0.29) is 11.3 Å². The highest BCUT2D eigenvalue weighted by Crippen LogP contribution is 2.46. The largest absolute Gasteiger partial charge is 0.311 e. The van der Waals surface area contributed by atoms with Crippen LogP contribution in [0.25, 0.3) is 0 Å². The van der Waals surface area contributed by atoms with E-state index in [1.807, 2.05) is 11.0 Å². The predicted octanol–water partition coefficient (Wildman–Crippen LogP) is 3.03. The molecule has 17 heavy (non-hydrogen) atoms. The molecule has 1 amide bonds. The predicted molar refractivity (Wildman–Crippen MR) is 69.1 cm³/mol. The normalized spacial score (nSPS) is 26.3. The Bertz CT molecular complexity index is 491. The second-order valence-electron chi connectivity index (χ2n) is 5.07. The maximum Gasteiger partial charge on any atom is 0.223 e. The average Bonchev–Trinajstić information content (AvgIpc) is 2.66. The lowest BCUT2D eigenvalue weighted by atomic mass is 9.75. The third-order valence-electron chi connectivity index (χ3n) is 3.98. The third-order valence-corrected chi connectivity index (χ3v) is 3.98. The third kappa shape index (κ3) is 1.51. The minimum Gasteiger partial charge on any atom is -0.311 e. The molecule has 88 valence electrons. The Kier molecular flexibility index (Phi) is 2.32. The van der Waals surface area contributed by atoms with Gasteiger partial charge in [0.25, 0.3) is 0 Å². The Labute approximate surface area is 102 Å². The van der Waals surface area contributed by atoms with Crippen LogP contribution in [0.5, 0.6) is 0 Å². The van der Waals surface area contributed by atoms with Crippen molar-refractivity contribution in [1.82, 2.24) is 0 Å². The highest BCUT2D eigenvalue weighted by Gasteiger charge is 2.42. The fourth-order valence-electron chi connectivity index (χ4n) is 3.15. The summed E-state index contributed by atoms with van der Waals surface area (Å²) in [4.78, 5) is 13.7. The van der Waals surface area contributed by atoms with Gasteiger partial charge in [-0.25, -0.2) is 0 Å². The van der Waals surface area contributed by atoms with Crippen LogP contribution in [0.2, 0.25) is 0 Å². The molecule has 1 atom stereocenters. The van der Waals surface area contributed by atoms with E-state index in [9.17, 15) is 4.79 Å². The van der Waals surface area contributed by atoms with Crippen LogP contribution in [-0.4, -0.2) is 12.5 Å². The van der Waals surface area contributed by atoms with Crippen LogP contribution in [0.15, 0.2) is 36.4 Å². The number of fused-ring (bicyclic) bond motifs is 2. The molecule has 1 aliphatic carbocycles. The van der Waals surface area contributed by atoms with Crippen molar-refractivity contribution in [2.75, 3.05) is 11.4 Å². The molecule has 0 saturated carbocycles. The van der Waals surface area contributed by atoms with Crippen LogP contribution in [0.3, 0.4) is 0 Å². The van der Waals surface area contributed by atoms with Gasteiger partial charge in [-0.1, -0.05) is 30.4 Å². The summed E-state index contributed by atoms with van der Waals surface area (Å²) in [7, 11) is 0. The maximum absolute atomic E-state index is 11.7. The van der Waals surface area contributed by atoms with Gasteiger partial charge in [0.05, 0.1) is 0 Å². The minimum atomic E-state index is 0.0838. The molecule has 1 unspecified atom stereocenters. The standard InChI is InChI=1S/C15H17NO/c1-12(17)16-11-15(9-5-2-6-10-15)13-7-3-4-8-14(13)16/h3-5,7-9H,2,6,10-11H2,1H3. The Balaban J connectivity index is 2.14. The topological polar surface area (TPSA) is 20.3 Å². The average molecular weight is 227 g/mol. The number of benzene rings is 1. The van der Waals surface area contributed by atoms with Gasteiger partial charge in [0, 0.05) is 24.6 Å². The summed E-state index contributed by atoms with van der Waals surface area (Å²) < 4.78 is 0. The molecule has 2 heteroatoms. The van der Waals surface area contributed by atoms with Gasteiger partial charge in [0.2, 0.25) is 5.91 Å². The van der Waals surface area contributed by atoms with E-state index >= 15 is 0 Å². The van der Waals surface area contributed by atoms with Crippen LogP contribution >= 0.6 is 0 Å². The van der Waals surface area contributed by atoms with Gasteiger partial charge in [0.15, 0.2) is 0 Å². The molecule has 0 saturated heterocycles. The molecule has 1 aromatic rings. The highest BCUT2D eigenvalue weighted by atomic mass is 16.2. The summed E-state index contributed by atoms with van der Waals surface area (Å²) in [5.41, 5.74) is 2.51. The smallest absolute Gasteiger partial charge is 0.223 e. The summed E-state index contributed by atoms with van der Waals surface area (Å²) in [5.74, 6) is 0.147. The molecule has 0 bridgehead atoms. The van der Waals surface area contributed by atoms with Crippen LogP contribution < -0.4 is 4.90 Å². The van der Waals surface area contributed by atoms with E-state index in [0.29, 0.717) is 0 Å². The first-order valence-corrected chi connectivity index (χ1v) is 6.28. The first-order valence-electron chi connectivity index (χ1n) is 6.28. The van der Waals surface area contributed by atoms with Gasteiger partial charge in [-0.15, -0.1) is 0 Å². The summed E-state index contributed by atoms with van der Waals surface area (Å²) in [6, 6.07) is 8.33. The first kappa shape index (κ1) is 10.6. The van der Waals surface area contributed by atoms with Gasteiger partial charge in [0.1, 0.15) is 0 Å². The number of allylic oxidation sites excluding steroid dienone is 1. The maximum atomic E-state index is 11.7. The summed E-state index contributed by atoms with van der Waals surface area (Å²) in [6.07, 6.45) is 8.13. The molecular formula is C15H17NO. The van der Waals surface area contributed by atoms with Gasteiger partial charge in [-0.2, -0.15) is 0 Å². The zero-order chi connectivity index (χ0) is 11.9. The number of hydrogen-bond acceptors (Lipinski definition) is 1. The number of carbonyl (C=O) groups excluding carboxylic acids is 1. The van der Waals surface area contributed by atoms with Crippen molar-refractivity contribution >= 4 is 11.6 Å². The van der Waals surface area contributed by atoms with Crippen molar-refractivity contribution in [2.24, 2.45) is 0 Å². The summed E-state index contributed by atoms with van der Waals surface area (Å²) in [6.45, 7) is 2.47. The molecular weight excluding hydrogens is 210 g/mol. The van der Waals surface area contributed by atoms with E-state index in [0.717, 1.165) is 18.7 Å². The molecule has 3 rings (SSSR count). The van der Waals surface area contributed by atoms with Crippen LogP contribution in [0, 0.1) is 0 Å². The number of nitrogens with zero attached hydrogens (tertiary/aromatic N) is 1. The first-order chi connectivity index (χ1) is 8.23. The second-order valence-corrected chi connectivity index (χ2v) is 5.07. The SMILES string of the molecule is CC(=O)N1CC2(C=CCCC2)c2ccccc21. The second kappa shape index (κ2) is 3.73. The molecule has 1 aliphatic heterocycles. The van der Waals surface area contributed by atoms with Crippen LogP contribution in [0.1, 0.15) is 31.7 Å². The zero-order valence-electron chi connectivity index (χ0n) is 10.1.